The van der Waals surface area contributed by atoms with Gasteiger partial charge in [0.05, 0.1) is 10.6 Å². The zero-order valence-corrected chi connectivity index (χ0v) is 24.5. The summed E-state index contributed by atoms with van der Waals surface area (Å²) in [5.41, 5.74) is 2.99. The smallest absolute Gasteiger partial charge is 0.352 e. The third-order valence-electron chi connectivity index (χ3n) is 6.20. The van der Waals surface area contributed by atoms with Gasteiger partial charge in [-0.1, -0.05) is 16.8 Å². The number of thioether (sulfide) groups is 1. The summed E-state index contributed by atoms with van der Waals surface area (Å²) in [5, 5.41) is 47.3. The highest BCUT2D eigenvalue weighted by Gasteiger charge is 2.54. The van der Waals surface area contributed by atoms with E-state index in [9.17, 15) is 44.4 Å². The number of carboxylic acid groups (broad SMARTS) is 2. The van der Waals surface area contributed by atoms with Crippen molar-refractivity contribution in [2.24, 2.45) is 5.16 Å². The van der Waals surface area contributed by atoms with Crippen LogP contribution in [0.1, 0.15) is 29.9 Å². The van der Waals surface area contributed by atoms with E-state index in [1.54, 1.807) is 0 Å². The maximum absolute atomic E-state index is 13.2. The van der Waals surface area contributed by atoms with Crippen LogP contribution in [0.5, 0.6) is 11.5 Å². The summed E-state index contributed by atoms with van der Waals surface area (Å²) in [5.74, 6) is -6.46. The monoisotopic (exact) mass is 654 g/mol. The lowest BCUT2D eigenvalue weighted by molar-refractivity contribution is -0.161. The number of hydrogen-bond donors (Lipinski definition) is 7. The minimum atomic E-state index is -1.81. The van der Waals surface area contributed by atoms with Gasteiger partial charge in [0.2, 0.25) is 5.60 Å². The number of β-lactam (4-membered cyclic amide) rings is 1. The minimum absolute atomic E-state index is 0.0349. The molecule has 43 heavy (non-hydrogen) atoms. The average molecular weight is 655 g/mol. The lowest BCUT2D eigenvalue weighted by Gasteiger charge is -2.49. The van der Waals surface area contributed by atoms with E-state index in [1.807, 2.05) is 0 Å². The number of anilines is 1. The molecule has 0 aliphatic carbocycles. The van der Waals surface area contributed by atoms with Crippen LogP contribution < -0.4 is 16.4 Å². The Morgan fingerprint density at radius 3 is 2.56 bits per heavy atom. The Kier molecular flexibility index (Phi) is 8.74. The Morgan fingerprint density at radius 2 is 1.95 bits per heavy atom. The molecule has 0 saturated carbocycles. The van der Waals surface area contributed by atoms with Crippen LogP contribution in [-0.4, -0.2) is 95.0 Å². The summed E-state index contributed by atoms with van der Waals surface area (Å²) in [4.78, 5) is 72.5. The van der Waals surface area contributed by atoms with Crippen LogP contribution >= 0.6 is 34.7 Å². The highest BCUT2D eigenvalue weighted by molar-refractivity contribution is 8.00. The van der Waals surface area contributed by atoms with Gasteiger partial charge in [0, 0.05) is 17.7 Å². The molecule has 0 spiro atoms. The Labute approximate surface area is 255 Å². The molecule has 3 amide bonds. The molecule has 1 saturated heterocycles. The SMILES string of the molecule is CC(C)(O/N=C(\C(=O)N[C@@H]1C(=O)N2C(C(=O)O)=C(CNC(=O)c3ccc(O)c(O)c3Cl)CS[C@H]12)c1csc(N)n1)C(=O)O. The third kappa shape index (κ3) is 6.15. The molecule has 0 unspecified atom stereocenters. The van der Waals surface area contributed by atoms with Crippen molar-refractivity contribution in [3.05, 3.63) is 45.1 Å². The molecular weight excluding hydrogens is 632 g/mol. The van der Waals surface area contributed by atoms with E-state index in [0.717, 1.165) is 34.1 Å². The Hall–Kier alpha value is -4.55. The number of fused-ring (bicyclic) bond motifs is 1. The minimum Gasteiger partial charge on any atom is -0.504 e. The van der Waals surface area contributed by atoms with Gasteiger partial charge in [-0.15, -0.1) is 23.1 Å². The molecule has 4 rings (SSSR count). The van der Waals surface area contributed by atoms with Crippen LogP contribution in [0, 0.1) is 0 Å². The average Bonchev–Trinajstić information content (AvgIpc) is 3.38. The summed E-state index contributed by atoms with van der Waals surface area (Å²) in [6, 6.07) is 1.04. The standard InChI is InChI=1S/C24H23ClN6O10S2/c1-24(2,22(39)40)41-30-13(10-7-43-23(26)28-10)18(35)29-14-19(36)31-15(21(37)38)8(6-42-20(14)31)5-27-17(34)9-3-4-11(32)16(33)12(9)25/h3-4,7,14,20,32-33H,5-6H2,1-2H3,(H2,26,28)(H,27,34)(H,29,35)(H,37,38)(H,39,40)/b30-13-/t14-,20-/m1/s1. The molecule has 1 aromatic heterocycles. The molecule has 2 aromatic rings. The number of carboxylic acids is 2. The van der Waals surface area contributed by atoms with E-state index < -0.39 is 68.9 Å². The van der Waals surface area contributed by atoms with E-state index in [1.165, 1.54) is 25.3 Å². The molecule has 1 aromatic carbocycles. The number of amides is 3. The number of aromatic nitrogens is 1. The molecule has 16 nitrogen and oxygen atoms in total. The summed E-state index contributed by atoms with van der Waals surface area (Å²) >= 11 is 8.02. The highest BCUT2D eigenvalue weighted by atomic mass is 35.5. The number of carbonyl (C=O) groups is 5. The molecule has 0 radical (unpaired) electrons. The van der Waals surface area contributed by atoms with Crippen molar-refractivity contribution >= 4 is 75.2 Å². The number of benzene rings is 1. The van der Waals surface area contributed by atoms with Crippen molar-refractivity contribution in [2.75, 3.05) is 18.0 Å². The Balaban J connectivity index is 1.51. The second kappa shape index (κ2) is 12.0. The van der Waals surface area contributed by atoms with Crippen molar-refractivity contribution in [1.82, 2.24) is 20.5 Å². The number of nitrogens with two attached hydrogens (primary N) is 1. The van der Waals surface area contributed by atoms with Crippen LogP contribution in [0.3, 0.4) is 0 Å². The summed E-state index contributed by atoms with van der Waals surface area (Å²) < 4.78 is 0. The largest absolute Gasteiger partial charge is 0.504 e. The lowest BCUT2D eigenvalue weighted by Crippen LogP contribution is -2.71. The predicted molar refractivity (Wildman–Crippen MR) is 153 cm³/mol. The number of aliphatic carboxylic acids is 2. The molecule has 0 bridgehead atoms. The zero-order valence-electron chi connectivity index (χ0n) is 22.2. The van der Waals surface area contributed by atoms with Crippen molar-refractivity contribution < 1.29 is 49.2 Å². The fraction of sp³-hybridized carbons (Fsp3) is 0.292. The van der Waals surface area contributed by atoms with Crippen molar-refractivity contribution in [3.8, 4) is 11.5 Å². The molecule has 2 aliphatic rings. The predicted octanol–water partition coefficient (Wildman–Crippen LogP) is 0.542. The summed E-state index contributed by atoms with van der Waals surface area (Å²) in [7, 11) is 0. The van der Waals surface area contributed by atoms with Gasteiger partial charge >= 0.3 is 11.9 Å². The van der Waals surface area contributed by atoms with Gasteiger partial charge in [-0.2, -0.15) is 0 Å². The fourth-order valence-electron chi connectivity index (χ4n) is 3.84. The third-order valence-corrected chi connectivity index (χ3v) is 8.59. The number of carbonyl (C=O) groups excluding carboxylic acids is 3. The quantitative estimate of drug-likeness (QED) is 0.0800. The van der Waals surface area contributed by atoms with E-state index >= 15 is 0 Å². The van der Waals surface area contributed by atoms with Crippen LogP contribution in [0.25, 0.3) is 0 Å². The molecule has 1 fully saturated rings. The first-order valence-corrected chi connectivity index (χ1v) is 14.3. The Bertz CT molecular complexity index is 1610. The van der Waals surface area contributed by atoms with Gasteiger partial charge in [0.1, 0.15) is 22.8 Å². The number of thiazole rings is 1. The van der Waals surface area contributed by atoms with Crippen LogP contribution in [0.4, 0.5) is 5.13 Å². The number of halogens is 1. The first-order valence-electron chi connectivity index (χ1n) is 12.0. The van der Waals surface area contributed by atoms with E-state index in [4.69, 9.17) is 22.2 Å². The van der Waals surface area contributed by atoms with Gasteiger partial charge in [0.15, 0.2) is 22.3 Å². The summed E-state index contributed by atoms with van der Waals surface area (Å²) in [6.45, 7) is 2.12. The van der Waals surface area contributed by atoms with E-state index in [0.29, 0.717) is 0 Å². The van der Waals surface area contributed by atoms with Crippen molar-refractivity contribution in [3.63, 3.8) is 0 Å². The van der Waals surface area contributed by atoms with Gasteiger partial charge in [-0.3, -0.25) is 19.3 Å². The van der Waals surface area contributed by atoms with Gasteiger partial charge in [-0.25, -0.2) is 14.6 Å². The highest BCUT2D eigenvalue weighted by Crippen LogP contribution is 2.40. The van der Waals surface area contributed by atoms with Gasteiger partial charge in [0.25, 0.3) is 17.7 Å². The van der Waals surface area contributed by atoms with Crippen LogP contribution in [0.2, 0.25) is 5.02 Å². The van der Waals surface area contributed by atoms with Crippen LogP contribution in [-0.2, 0) is 24.0 Å². The lowest BCUT2D eigenvalue weighted by atomic mass is 10.0. The second-order valence-corrected chi connectivity index (χ2v) is 11.9. The van der Waals surface area contributed by atoms with Crippen molar-refractivity contribution in [2.45, 2.75) is 30.9 Å². The zero-order chi connectivity index (χ0) is 31.8. The number of phenolic OH excluding ortho intramolecular Hbond substituents is 2. The van der Waals surface area contributed by atoms with Gasteiger partial charge < -0.3 is 41.6 Å². The molecular formula is C24H23ClN6O10S2. The topological polar surface area (TPSA) is 254 Å². The molecule has 2 aliphatic heterocycles. The molecule has 19 heteroatoms. The molecule has 2 atom stereocenters. The Morgan fingerprint density at radius 1 is 1.26 bits per heavy atom. The number of hydrogen-bond acceptors (Lipinski definition) is 13. The number of oxime groups is 1. The van der Waals surface area contributed by atoms with Crippen LogP contribution in [0.15, 0.2) is 33.9 Å². The van der Waals surface area contributed by atoms with E-state index in [2.05, 4.69) is 20.8 Å². The second-order valence-electron chi connectivity index (χ2n) is 9.51. The molecule has 8 N–H and O–H groups in total. The van der Waals surface area contributed by atoms with Crippen molar-refractivity contribution in [1.29, 1.82) is 0 Å². The molecule has 228 valence electrons. The number of aromatic hydroxyl groups is 2. The fourth-order valence-corrected chi connectivity index (χ4v) is 5.98. The number of rotatable bonds is 10. The number of phenols is 2. The number of nitrogen functional groups attached to an aromatic ring is 1. The summed E-state index contributed by atoms with van der Waals surface area (Å²) in [6.07, 6.45) is 0. The number of nitrogens with one attached hydrogen (secondary N) is 2. The van der Waals surface area contributed by atoms with Gasteiger partial charge in [-0.05, 0) is 31.6 Å². The maximum atomic E-state index is 13.2. The normalized spacial score (nSPS) is 18.4. The first-order chi connectivity index (χ1) is 20.1. The number of nitrogens with zero attached hydrogens (tertiary/aromatic N) is 3. The van der Waals surface area contributed by atoms with E-state index in [-0.39, 0.29) is 40.0 Å². The first kappa shape index (κ1) is 31.4. The molecule has 3 heterocycles. The maximum Gasteiger partial charge on any atom is 0.352 e.